The minimum absolute atomic E-state index is 0.254. The summed E-state index contributed by atoms with van der Waals surface area (Å²) in [5.74, 6) is 1.99. The minimum Gasteiger partial charge on any atom is -0.508 e. The van der Waals surface area contributed by atoms with Crippen molar-refractivity contribution in [2.45, 2.75) is 18.7 Å². The highest BCUT2D eigenvalue weighted by atomic mass is 32.2. The third kappa shape index (κ3) is 2.21. The van der Waals surface area contributed by atoms with Crippen molar-refractivity contribution in [1.29, 1.82) is 0 Å². The van der Waals surface area contributed by atoms with Gasteiger partial charge in [0.05, 0.1) is 0 Å². The van der Waals surface area contributed by atoms with Gasteiger partial charge < -0.3 is 9.52 Å². The molecule has 0 radical (unpaired) electrons. The average Bonchev–Trinajstić information content (AvgIpc) is 2.98. The zero-order valence-electron chi connectivity index (χ0n) is 10.7. The lowest BCUT2D eigenvalue weighted by molar-refractivity contribution is 0.401. The van der Waals surface area contributed by atoms with Crippen molar-refractivity contribution >= 4 is 16.8 Å². The van der Waals surface area contributed by atoms with Crippen LogP contribution in [0.15, 0.2) is 45.9 Å². The number of phenolic OH excluding ortho intramolecular Hbond substituents is 1. The van der Waals surface area contributed by atoms with Crippen LogP contribution < -0.4 is 5.43 Å². The van der Waals surface area contributed by atoms with E-state index in [2.05, 4.69) is 10.5 Å². The van der Waals surface area contributed by atoms with Crippen LogP contribution in [0.4, 0.5) is 0 Å². The first kappa shape index (κ1) is 12.2. The van der Waals surface area contributed by atoms with E-state index in [-0.39, 0.29) is 10.6 Å². The predicted octanol–water partition coefficient (Wildman–Crippen LogP) is 3.16. The van der Waals surface area contributed by atoms with Crippen LogP contribution in [0.2, 0.25) is 0 Å². The van der Waals surface area contributed by atoms with Crippen LogP contribution in [0.25, 0.3) is 0 Å². The molecule has 1 unspecified atom stereocenters. The van der Waals surface area contributed by atoms with Crippen LogP contribution in [0.3, 0.4) is 0 Å². The average molecular weight is 274 g/mol. The van der Waals surface area contributed by atoms with Crippen LogP contribution >= 0.6 is 11.8 Å². The number of nitrogens with zero attached hydrogens (tertiary/aromatic N) is 1. The van der Waals surface area contributed by atoms with Gasteiger partial charge in [0.2, 0.25) is 0 Å². The minimum atomic E-state index is -0.387. The van der Waals surface area contributed by atoms with Crippen LogP contribution in [0.1, 0.15) is 24.0 Å². The maximum absolute atomic E-state index is 9.31. The molecule has 0 saturated heterocycles. The fourth-order valence-electron chi connectivity index (χ4n) is 1.92. The highest BCUT2D eigenvalue weighted by molar-refractivity contribution is 8.15. The molecule has 4 nitrogen and oxygen atoms in total. The number of furan rings is 1. The molecule has 2 N–H and O–H groups in total. The molecule has 0 amide bonds. The Bertz CT molecular complexity index is 633. The van der Waals surface area contributed by atoms with Gasteiger partial charge in [-0.25, -0.2) is 0 Å². The van der Waals surface area contributed by atoms with Gasteiger partial charge in [0, 0.05) is 5.56 Å². The number of hydrazone groups is 1. The van der Waals surface area contributed by atoms with Gasteiger partial charge in [0.1, 0.15) is 22.3 Å². The van der Waals surface area contributed by atoms with Crippen molar-refractivity contribution in [1.82, 2.24) is 5.43 Å². The first-order valence-electron chi connectivity index (χ1n) is 5.97. The maximum atomic E-state index is 9.31. The molecule has 1 aromatic heterocycles. The lowest BCUT2D eigenvalue weighted by Crippen LogP contribution is -2.28. The predicted molar refractivity (Wildman–Crippen MR) is 76.2 cm³/mol. The second-order valence-corrected chi connectivity index (χ2v) is 6.03. The third-order valence-electron chi connectivity index (χ3n) is 3.00. The number of phenols is 1. The summed E-state index contributed by atoms with van der Waals surface area (Å²) in [5, 5.41) is 14.6. The topological polar surface area (TPSA) is 57.8 Å². The molecule has 1 atom stereocenters. The number of thioether (sulfide) groups is 1. The summed E-state index contributed by atoms with van der Waals surface area (Å²) < 4.78 is 5.68. The fraction of sp³-hybridized carbons (Fsp3) is 0.214. The standard InChI is InChI=1S/C14H14N2O2S/c1-9-3-8-12(18-9)14(2)16-15-13(19-14)10-4-6-11(17)7-5-10/h3-8,16-17H,1-2H3. The Morgan fingerprint density at radius 2 is 1.95 bits per heavy atom. The molecule has 1 aromatic carbocycles. The number of hydrogen-bond donors (Lipinski definition) is 2. The van der Waals surface area contributed by atoms with E-state index in [0.29, 0.717) is 0 Å². The summed E-state index contributed by atoms with van der Waals surface area (Å²) in [5.41, 5.74) is 4.09. The molecule has 3 rings (SSSR count). The molecule has 0 aliphatic carbocycles. The Labute approximate surface area is 115 Å². The Kier molecular flexibility index (Phi) is 2.78. The number of nitrogens with one attached hydrogen (secondary N) is 1. The van der Waals surface area contributed by atoms with E-state index in [1.807, 2.05) is 38.1 Å². The molecule has 2 aromatic rings. The van der Waals surface area contributed by atoms with E-state index in [1.54, 1.807) is 23.9 Å². The number of benzene rings is 1. The summed E-state index contributed by atoms with van der Waals surface area (Å²) in [6.07, 6.45) is 0. The monoisotopic (exact) mass is 274 g/mol. The fourth-order valence-corrected chi connectivity index (χ4v) is 2.95. The van der Waals surface area contributed by atoms with Crippen LogP contribution in [-0.2, 0) is 4.87 Å². The summed E-state index contributed by atoms with van der Waals surface area (Å²) in [4.78, 5) is -0.387. The molecule has 0 saturated carbocycles. The normalized spacial score (nSPS) is 22.1. The Balaban J connectivity index is 1.84. The second-order valence-electron chi connectivity index (χ2n) is 4.62. The Morgan fingerprint density at radius 3 is 2.58 bits per heavy atom. The summed E-state index contributed by atoms with van der Waals surface area (Å²) >= 11 is 1.60. The van der Waals surface area contributed by atoms with Crippen LogP contribution in [0, 0.1) is 6.92 Å². The first-order valence-corrected chi connectivity index (χ1v) is 6.79. The largest absolute Gasteiger partial charge is 0.508 e. The zero-order valence-corrected chi connectivity index (χ0v) is 11.5. The molecule has 19 heavy (non-hydrogen) atoms. The molecule has 0 bridgehead atoms. The Morgan fingerprint density at radius 1 is 1.21 bits per heavy atom. The molecule has 0 fully saturated rings. The van der Waals surface area contributed by atoms with Gasteiger partial charge in [-0.2, -0.15) is 5.10 Å². The van der Waals surface area contributed by atoms with Crippen molar-refractivity contribution in [3.8, 4) is 5.75 Å². The lowest BCUT2D eigenvalue weighted by Gasteiger charge is -2.19. The highest BCUT2D eigenvalue weighted by Crippen LogP contribution is 2.40. The van der Waals surface area contributed by atoms with Gasteiger partial charge in [-0.05, 0) is 50.2 Å². The molecule has 0 spiro atoms. The quantitative estimate of drug-likeness (QED) is 0.883. The molecule has 2 heterocycles. The van der Waals surface area contributed by atoms with E-state index in [1.165, 1.54) is 0 Å². The van der Waals surface area contributed by atoms with Gasteiger partial charge >= 0.3 is 0 Å². The van der Waals surface area contributed by atoms with Gasteiger partial charge in [-0.1, -0.05) is 11.8 Å². The number of hydrogen-bond acceptors (Lipinski definition) is 5. The second kappa shape index (κ2) is 4.35. The smallest absolute Gasteiger partial charge is 0.160 e. The zero-order chi connectivity index (χ0) is 13.5. The number of aryl methyl sites for hydroxylation is 1. The van der Waals surface area contributed by atoms with Crippen molar-refractivity contribution in [2.24, 2.45) is 5.10 Å². The van der Waals surface area contributed by atoms with Crippen molar-refractivity contribution in [2.75, 3.05) is 0 Å². The molecule has 1 aliphatic heterocycles. The molecule has 5 heteroatoms. The highest BCUT2D eigenvalue weighted by Gasteiger charge is 2.37. The number of rotatable bonds is 2. The lowest BCUT2D eigenvalue weighted by atomic mass is 10.2. The molecular weight excluding hydrogens is 260 g/mol. The SMILES string of the molecule is Cc1ccc(C2(C)NN=C(c3ccc(O)cc3)S2)o1. The van der Waals surface area contributed by atoms with Crippen molar-refractivity contribution < 1.29 is 9.52 Å². The molecule has 98 valence electrons. The van der Waals surface area contributed by atoms with Gasteiger partial charge in [0.25, 0.3) is 0 Å². The van der Waals surface area contributed by atoms with Crippen molar-refractivity contribution in [3.63, 3.8) is 0 Å². The summed E-state index contributed by atoms with van der Waals surface area (Å²) in [6.45, 7) is 3.96. The van der Waals surface area contributed by atoms with Crippen molar-refractivity contribution in [3.05, 3.63) is 53.5 Å². The summed E-state index contributed by atoms with van der Waals surface area (Å²) in [7, 11) is 0. The maximum Gasteiger partial charge on any atom is 0.160 e. The van der Waals surface area contributed by atoms with Gasteiger partial charge in [0.15, 0.2) is 4.87 Å². The van der Waals surface area contributed by atoms with Gasteiger partial charge in [-0.3, -0.25) is 5.43 Å². The number of aromatic hydroxyl groups is 1. The first-order chi connectivity index (χ1) is 9.07. The van der Waals surface area contributed by atoms with E-state index in [0.717, 1.165) is 22.1 Å². The van der Waals surface area contributed by atoms with Crippen LogP contribution in [-0.4, -0.2) is 10.2 Å². The van der Waals surface area contributed by atoms with Gasteiger partial charge in [-0.15, -0.1) is 0 Å². The molecular formula is C14H14N2O2S. The van der Waals surface area contributed by atoms with E-state index < -0.39 is 0 Å². The van der Waals surface area contributed by atoms with Crippen LogP contribution in [0.5, 0.6) is 5.75 Å². The molecule has 1 aliphatic rings. The van der Waals surface area contributed by atoms with E-state index in [4.69, 9.17) is 4.42 Å². The third-order valence-corrected chi connectivity index (χ3v) is 4.22. The Hall–Kier alpha value is -1.88. The van der Waals surface area contributed by atoms with E-state index >= 15 is 0 Å². The van der Waals surface area contributed by atoms with E-state index in [9.17, 15) is 5.11 Å². The summed E-state index contributed by atoms with van der Waals surface area (Å²) in [6, 6.07) is 10.9.